The highest BCUT2D eigenvalue weighted by Crippen LogP contribution is 2.26. The lowest BCUT2D eigenvalue weighted by Crippen LogP contribution is -2.28. The highest BCUT2D eigenvalue weighted by atomic mass is 35.5. The summed E-state index contributed by atoms with van der Waals surface area (Å²) in [7, 11) is 0. The van der Waals surface area contributed by atoms with Crippen molar-refractivity contribution >= 4 is 29.1 Å². The molecule has 0 aliphatic carbocycles. The third-order valence-corrected chi connectivity index (χ3v) is 4.80. The summed E-state index contributed by atoms with van der Waals surface area (Å²) in [5.74, 6) is 1.02. The summed E-state index contributed by atoms with van der Waals surface area (Å²) in [6, 6.07) is 14.7. The van der Waals surface area contributed by atoms with Crippen molar-refractivity contribution in [3.63, 3.8) is 0 Å². The lowest BCUT2D eigenvalue weighted by atomic mass is 10.1. The first-order valence-corrected chi connectivity index (χ1v) is 8.95. The van der Waals surface area contributed by atoms with Gasteiger partial charge in [0.05, 0.1) is 28.2 Å². The van der Waals surface area contributed by atoms with Gasteiger partial charge in [0, 0.05) is 5.56 Å². The summed E-state index contributed by atoms with van der Waals surface area (Å²) in [6.45, 7) is 3.70. The Labute approximate surface area is 162 Å². The third kappa shape index (κ3) is 4.26. The standard InChI is InChI=1S/C20H18Cl2N2O2/c1-12(15-8-9-16(21)17(22)10-15)23-19(25)11-18-13(2)26-20(24-18)14-6-4-3-5-7-14/h3-10,12H,11H2,1-2H3,(H,23,25). The number of benzene rings is 2. The summed E-state index contributed by atoms with van der Waals surface area (Å²) in [5.41, 5.74) is 2.39. The van der Waals surface area contributed by atoms with E-state index in [4.69, 9.17) is 27.6 Å². The average Bonchev–Trinajstić information content (AvgIpc) is 2.98. The van der Waals surface area contributed by atoms with Crippen LogP contribution in [0.25, 0.3) is 11.5 Å². The highest BCUT2D eigenvalue weighted by molar-refractivity contribution is 6.42. The van der Waals surface area contributed by atoms with Gasteiger partial charge in [0.25, 0.3) is 0 Å². The summed E-state index contributed by atoms with van der Waals surface area (Å²) in [6.07, 6.45) is 0.147. The lowest BCUT2D eigenvalue weighted by Gasteiger charge is -2.14. The monoisotopic (exact) mass is 388 g/mol. The molecule has 3 rings (SSSR count). The second-order valence-corrected chi connectivity index (χ2v) is 6.84. The Morgan fingerprint density at radius 1 is 1.15 bits per heavy atom. The molecule has 0 fully saturated rings. The highest BCUT2D eigenvalue weighted by Gasteiger charge is 2.17. The van der Waals surface area contributed by atoms with Crippen LogP contribution in [0.1, 0.15) is 30.0 Å². The molecular weight excluding hydrogens is 371 g/mol. The molecule has 0 radical (unpaired) electrons. The molecule has 26 heavy (non-hydrogen) atoms. The Balaban J connectivity index is 1.68. The number of carbonyl (C=O) groups is 1. The minimum atomic E-state index is -0.196. The summed E-state index contributed by atoms with van der Waals surface area (Å²) in [4.78, 5) is 16.9. The van der Waals surface area contributed by atoms with E-state index in [1.165, 1.54) is 0 Å². The number of halogens is 2. The van der Waals surface area contributed by atoms with Gasteiger partial charge in [-0.3, -0.25) is 4.79 Å². The van der Waals surface area contributed by atoms with Gasteiger partial charge < -0.3 is 9.73 Å². The normalized spacial score (nSPS) is 12.0. The number of aryl methyl sites for hydroxylation is 1. The summed E-state index contributed by atoms with van der Waals surface area (Å²) >= 11 is 12.0. The second kappa shape index (κ2) is 7.94. The van der Waals surface area contributed by atoms with Gasteiger partial charge in [0.2, 0.25) is 11.8 Å². The largest absolute Gasteiger partial charge is 0.441 e. The zero-order valence-corrected chi connectivity index (χ0v) is 15.9. The van der Waals surface area contributed by atoms with E-state index in [1.807, 2.05) is 50.2 Å². The molecule has 0 bridgehead atoms. The number of hydrogen-bond donors (Lipinski definition) is 1. The molecule has 0 saturated carbocycles. The fraction of sp³-hybridized carbons (Fsp3) is 0.200. The quantitative estimate of drug-likeness (QED) is 0.638. The molecule has 1 N–H and O–H groups in total. The third-order valence-electron chi connectivity index (χ3n) is 4.06. The molecule has 0 aliphatic heterocycles. The number of nitrogens with zero attached hydrogens (tertiary/aromatic N) is 1. The van der Waals surface area contributed by atoms with E-state index in [0.717, 1.165) is 11.1 Å². The van der Waals surface area contributed by atoms with Crippen LogP contribution >= 0.6 is 23.2 Å². The van der Waals surface area contributed by atoms with Crippen LogP contribution in [-0.4, -0.2) is 10.9 Å². The predicted molar refractivity (Wildman–Crippen MR) is 103 cm³/mol. The number of amides is 1. The van der Waals surface area contributed by atoms with E-state index in [0.29, 0.717) is 27.4 Å². The van der Waals surface area contributed by atoms with Crippen LogP contribution in [0.2, 0.25) is 10.0 Å². The number of carbonyl (C=O) groups excluding carboxylic acids is 1. The van der Waals surface area contributed by atoms with Gasteiger partial charge in [-0.2, -0.15) is 0 Å². The van der Waals surface area contributed by atoms with Gasteiger partial charge in [-0.1, -0.05) is 47.5 Å². The van der Waals surface area contributed by atoms with Crippen molar-refractivity contribution in [2.75, 3.05) is 0 Å². The van der Waals surface area contributed by atoms with E-state index in [2.05, 4.69) is 10.3 Å². The van der Waals surface area contributed by atoms with Crippen LogP contribution in [0.15, 0.2) is 52.9 Å². The molecular formula is C20H18Cl2N2O2. The van der Waals surface area contributed by atoms with Crippen molar-refractivity contribution in [3.05, 3.63) is 75.6 Å². The van der Waals surface area contributed by atoms with Crippen molar-refractivity contribution in [3.8, 4) is 11.5 Å². The van der Waals surface area contributed by atoms with Crippen molar-refractivity contribution in [2.45, 2.75) is 26.3 Å². The van der Waals surface area contributed by atoms with E-state index in [-0.39, 0.29) is 18.4 Å². The maximum Gasteiger partial charge on any atom is 0.226 e. The topological polar surface area (TPSA) is 55.1 Å². The van der Waals surface area contributed by atoms with Crippen LogP contribution < -0.4 is 5.32 Å². The molecule has 1 heterocycles. The van der Waals surface area contributed by atoms with Crippen molar-refractivity contribution in [2.24, 2.45) is 0 Å². The van der Waals surface area contributed by atoms with Gasteiger partial charge in [0.1, 0.15) is 5.76 Å². The molecule has 1 atom stereocenters. The molecule has 1 unspecified atom stereocenters. The number of oxazole rings is 1. The average molecular weight is 389 g/mol. The Hall–Kier alpha value is -2.30. The minimum absolute atomic E-state index is 0.139. The van der Waals surface area contributed by atoms with Gasteiger partial charge in [-0.25, -0.2) is 4.98 Å². The molecule has 1 aromatic heterocycles. The smallest absolute Gasteiger partial charge is 0.226 e. The van der Waals surface area contributed by atoms with E-state index in [9.17, 15) is 4.79 Å². The molecule has 3 aromatic rings. The van der Waals surface area contributed by atoms with Gasteiger partial charge >= 0.3 is 0 Å². The number of hydrogen-bond acceptors (Lipinski definition) is 3. The Morgan fingerprint density at radius 2 is 1.88 bits per heavy atom. The molecule has 0 aliphatic rings. The van der Waals surface area contributed by atoms with Gasteiger partial charge in [0.15, 0.2) is 0 Å². The zero-order chi connectivity index (χ0) is 18.7. The summed E-state index contributed by atoms with van der Waals surface area (Å²) < 4.78 is 5.70. The van der Waals surface area contributed by atoms with Crippen molar-refractivity contribution in [1.82, 2.24) is 10.3 Å². The molecule has 6 heteroatoms. The van der Waals surface area contributed by atoms with Gasteiger partial charge in [-0.05, 0) is 43.7 Å². The molecule has 4 nitrogen and oxygen atoms in total. The van der Waals surface area contributed by atoms with Crippen LogP contribution in [0.5, 0.6) is 0 Å². The molecule has 2 aromatic carbocycles. The molecule has 1 amide bonds. The first-order valence-electron chi connectivity index (χ1n) is 8.20. The molecule has 134 valence electrons. The summed E-state index contributed by atoms with van der Waals surface area (Å²) in [5, 5.41) is 3.90. The second-order valence-electron chi connectivity index (χ2n) is 6.03. The Bertz CT molecular complexity index is 923. The molecule has 0 spiro atoms. The van der Waals surface area contributed by atoms with Gasteiger partial charge in [-0.15, -0.1) is 0 Å². The predicted octanol–water partition coefficient (Wildman–Crippen LogP) is 5.38. The maximum absolute atomic E-state index is 12.4. The lowest BCUT2D eigenvalue weighted by molar-refractivity contribution is -0.121. The van der Waals surface area contributed by atoms with Crippen molar-refractivity contribution < 1.29 is 9.21 Å². The number of rotatable bonds is 5. The zero-order valence-electron chi connectivity index (χ0n) is 14.4. The van der Waals surface area contributed by atoms with Crippen LogP contribution in [0.4, 0.5) is 0 Å². The van der Waals surface area contributed by atoms with E-state index >= 15 is 0 Å². The van der Waals surface area contributed by atoms with E-state index in [1.54, 1.807) is 12.1 Å². The number of aromatic nitrogens is 1. The van der Waals surface area contributed by atoms with Crippen LogP contribution in [0.3, 0.4) is 0 Å². The minimum Gasteiger partial charge on any atom is -0.441 e. The Kier molecular flexibility index (Phi) is 5.64. The Morgan fingerprint density at radius 3 is 2.58 bits per heavy atom. The van der Waals surface area contributed by atoms with E-state index < -0.39 is 0 Å². The SMILES string of the molecule is Cc1oc(-c2ccccc2)nc1CC(=O)NC(C)c1ccc(Cl)c(Cl)c1. The fourth-order valence-corrected chi connectivity index (χ4v) is 2.91. The van der Waals surface area contributed by atoms with Crippen molar-refractivity contribution in [1.29, 1.82) is 0 Å². The van der Waals surface area contributed by atoms with Crippen LogP contribution in [-0.2, 0) is 11.2 Å². The first kappa shape index (κ1) is 18.5. The fourth-order valence-electron chi connectivity index (χ4n) is 2.61. The first-order chi connectivity index (χ1) is 12.4. The number of nitrogens with one attached hydrogen (secondary N) is 1. The maximum atomic E-state index is 12.4. The van der Waals surface area contributed by atoms with Crippen LogP contribution in [0, 0.1) is 6.92 Å². The molecule has 0 saturated heterocycles.